The molecule has 0 fully saturated rings. The van der Waals surface area contributed by atoms with Crippen LogP contribution in [0.15, 0.2) is 29.2 Å². The molecule has 1 atom stereocenters. The van der Waals surface area contributed by atoms with Crippen molar-refractivity contribution in [1.82, 2.24) is 5.32 Å². The van der Waals surface area contributed by atoms with Gasteiger partial charge in [-0.3, -0.25) is 0 Å². The molecule has 0 radical (unpaired) electrons. The van der Waals surface area contributed by atoms with Crippen LogP contribution in [0.3, 0.4) is 0 Å². The van der Waals surface area contributed by atoms with Crippen molar-refractivity contribution in [2.45, 2.75) is 44.6 Å². The van der Waals surface area contributed by atoms with E-state index in [1.165, 1.54) is 10.5 Å². The minimum atomic E-state index is 0.427. The summed E-state index contributed by atoms with van der Waals surface area (Å²) in [6, 6.07) is 9.35. The molecule has 1 aromatic carbocycles. The van der Waals surface area contributed by atoms with Crippen LogP contribution in [0, 0.1) is 11.8 Å². The molecule has 0 saturated heterocycles. The van der Waals surface area contributed by atoms with E-state index in [1.807, 2.05) is 18.7 Å². The van der Waals surface area contributed by atoms with Crippen molar-refractivity contribution >= 4 is 11.8 Å². The zero-order valence-corrected chi connectivity index (χ0v) is 12.4. The van der Waals surface area contributed by atoms with Crippen molar-refractivity contribution in [3.8, 4) is 11.8 Å². The summed E-state index contributed by atoms with van der Waals surface area (Å²) in [6.07, 6.45) is 2.04. The van der Waals surface area contributed by atoms with E-state index in [4.69, 9.17) is 0 Å². The molecule has 0 bridgehead atoms. The first-order valence-electron chi connectivity index (χ1n) is 6.67. The van der Waals surface area contributed by atoms with Crippen molar-refractivity contribution in [2.75, 3.05) is 12.3 Å². The van der Waals surface area contributed by atoms with Gasteiger partial charge in [-0.1, -0.05) is 26.0 Å². The van der Waals surface area contributed by atoms with Gasteiger partial charge in [-0.05, 0) is 43.3 Å². The quantitative estimate of drug-likeness (QED) is 0.581. The van der Waals surface area contributed by atoms with Crippen molar-refractivity contribution in [3.05, 3.63) is 29.8 Å². The van der Waals surface area contributed by atoms with Gasteiger partial charge in [0.05, 0.1) is 0 Å². The van der Waals surface area contributed by atoms with Gasteiger partial charge in [0.25, 0.3) is 0 Å². The Morgan fingerprint density at radius 3 is 2.50 bits per heavy atom. The van der Waals surface area contributed by atoms with Gasteiger partial charge in [0, 0.05) is 17.4 Å². The van der Waals surface area contributed by atoms with Gasteiger partial charge in [0.15, 0.2) is 0 Å². The second-order valence-electron chi connectivity index (χ2n) is 4.08. The predicted molar refractivity (Wildman–Crippen MR) is 81.9 cm³/mol. The summed E-state index contributed by atoms with van der Waals surface area (Å²) in [5.74, 6) is 7.23. The lowest BCUT2D eigenvalue weighted by atomic mass is 10.0. The molecule has 18 heavy (non-hydrogen) atoms. The van der Waals surface area contributed by atoms with Crippen molar-refractivity contribution in [3.63, 3.8) is 0 Å². The Kier molecular flexibility index (Phi) is 7.64. The van der Waals surface area contributed by atoms with Crippen molar-refractivity contribution in [1.29, 1.82) is 0 Å². The number of nitrogens with one attached hydrogen (secondary N) is 1. The number of hydrogen-bond donors (Lipinski definition) is 1. The zero-order valence-electron chi connectivity index (χ0n) is 11.6. The van der Waals surface area contributed by atoms with Gasteiger partial charge in [0.1, 0.15) is 0 Å². The maximum Gasteiger partial charge on any atom is 0.0329 e. The van der Waals surface area contributed by atoms with Crippen molar-refractivity contribution < 1.29 is 0 Å². The monoisotopic (exact) mass is 261 g/mol. The number of rotatable bonds is 7. The molecule has 0 heterocycles. The Bertz CT molecular complexity index is 386. The van der Waals surface area contributed by atoms with E-state index in [1.54, 1.807) is 0 Å². The molecular weight excluding hydrogens is 238 g/mol. The summed E-state index contributed by atoms with van der Waals surface area (Å²) in [5, 5.41) is 3.53. The molecule has 1 rings (SSSR count). The Hall–Kier alpha value is -0.910. The first-order chi connectivity index (χ1) is 8.81. The predicted octanol–water partition coefficient (Wildman–Crippen LogP) is 4.25. The minimum absolute atomic E-state index is 0.427. The highest BCUT2D eigenvalue weighted by atomic mass is 32.2. The lowest BCUT2D eigenvalue weighted by Crippen LogP contribution is -2.20. The normalized spacial score (nSPS) is 11.7. The van der Waals surface area contributed by atoms with Gasteiger partial charge >= 0.3 is 0 Å². The Labute approximate surface area is 116 Å². The Morgan fingerprint density at radius 1 is 1.22 bits per heavy atom. The molecule has 0 aromatic heterocycles. The second-order valence-corrected chi connectivity index (χ2v) is 5.42. The van der Waals surface area contributed by atoms with Gasteiger partial charge in [-0.2, -0.15) is 0 Å². The standard InChI is InChI=1S/C16H23NS/c1-4-7-8-9-16(17-5-2)14-10-12-15(13-11-14)18-6-3/h10-13,16-17H,5-6,8-9H2,1-3H3. The number of benzene rings is 1. The average Bonchev–Trinajstić information content (AvgIpc) is 2.39. The first-order valence-corrected chi connectivity index (χ1v) is 7.66. The summed E-state index contributed by atoms with van der Waals surface area (Å²) in [7, 11) is 0. The van der Waals surface area contributed by atoms with E-state index >= 15 is 0 Å². The van der Waals surface area contributed by atoms with Crippen molar-refractivity contribution in [2.24, 2.45) is 0 Å². The first kappa shape index (κ1) is 15.1. The SMILES string of the molecule is CC#CCCC(NCC)c1ccc(SCC)cc1. The Morgan fingerprint density at radius 2 is 1.94 bits per heavy atom. The maximum absolute atomic E-state index is 3.53. The van der Waals surface area contributed by atoms with Gasteiger partial charge in [0.2, 0.25) is 0 Å². The zero-order chi connectivity index (χ0) is 13.2. The highest BCUT2D eigenvalue weighted by Crippen LogP contribution is 2.23. The Balaban J connectivity index is 2.67. The van der Waals surface area contributed by atoms with Crippen LogP contribution >= 0.6 is 11.8 Å². The fourth-order valence-electron chi connectivity index (χ4n) is 1.94. The summed E-state index contributed by atoms with van der Waals surface area (Å²) >= 11 is 1.89. The van der Waals surface area contributed by atoms with Crippen LogP contribution in [0.5, 0.6) is 0 Å². The molecule has 0 aliphatic heterocycles. The van der Waals surface area contributed by atoms with E-state index in [0.717, 1.165) is 25.1 Å². The van der Waals surface area contributed by atoms with Crippen LogP contribution in [0.25, 0.3) is 0 Å². The molecule has 0 aliphatic rings. The van der Waals surface area contributed by atoms with E-state index in [9.17, 15) is 0 Å². The molecule has 0 spiro atoms. The number of hydrogen-bond acceptors (Lipinski definition) is 2. The summed E-state index contributed by atoms with van der Waals surface area (Å²) in [5.41, 5.74) is 1.37. The lowest BCUT2D eigenvalue weighted by molar-refractivity contribution is 0.522. The molecule has 0 aliphatic carbocycles. The van der Waals surface area contributed by atoms with Crippen LogP contribution in [-0.4, -0.2) is 12.3 Å². The second kappa shape index (κ2) is 9.08. The highest BCUT2D eigenvalue weighted by Gasteiger charge is 2.09. The van der Waals surface area contributed by atoms with Crippen LogP contribution in [0.2, 0.25) is 0 Å². The van der Waals surface area contributed by atoms with Crippen LogP contribution in [-0.2, 0) is 0 Å². The van der Waals surface area contributed by atoms with E-state index in [2.05, 4.69) is 55.3 Å². The molecule has 1 unspecified atom stereocenters. The van der Waals surface area contributed by atoms with E-state index < -0.39 is 0 Å². The van der Waals surface area contributed by atoms with Crippen LogP contribution in [0.1, 0.15) is 45.2 Å². The lowest BCUT2D eigenvalue weighted by Gasteiger charge is -2.17. The molecule has 0 saturated carbocycles. The summed E-state index contributed by atoms with van der Waals surface area (Å²) in [4.78, 5) is 1.35. The third-order valence-corrected chi connectivity index (χ3v) is 3.67. The molecule has 1 nitrogen and oxygen atoms in total. The van der Waals surface area contributed by atoms with Gasteiger partial charge in [-0.15, -0.1) is 23.6 Å². The molecule has 0 amide bonds. The third kappa shape index (κ3) is 5.16. The van der Waals surface area contributed by atoms with E-state index in [0.29, 0.717) is 6.04 Å². The maximum atomic E-state index is 3.53. The number of thioether (sulfide) groups is 1. The topological polar surface area (TPSA) is 12.0 Å². The van der Waals surface area contributed by atoms with Gasteiger partial charge in [-0.25, -0.2) is 0 Å². The van der Waals surface area contributed by atoms with Crippen LogP contribution < -0.4 is 5.32 Å². The molecular formula is C16H23NS. The van der Waals surface area contributed by atoms with Crippen LogP contribution in [0.4, 0.5) is 0 Å². The highest BCUT2D eigenvalue weighted by molar-refractivity contribution is 7.99. The minimum Gasteiger partial charge on any atom is -0.310 e. The molecule has 1 N–H and O–H groups in total. The third-order valence-electron chi connectivity index (χ3n) is 2.78. The summed E-state index contributed by atoms with van der Waals surface area (Å²) in [6.45, 7) is 7.23. The average molecular weight is 261 g/mol. The molecule has 1 aromatic rings. The summed E-state index contributed by atoms with van der Waals surface area (Å²) < 4.78 is 0. The smallest absolute Gasteiger partial charge is 0.0329 e. The fourth-order valence-corrected chi connectivity index (χ4v) is 2.60. The molecule has 98 valence electrons. The fraction of sp³-hybridized carbons (Fsp3) is 0.500. The molecule has 2 heteroatoms. The largest absolute Gasteiger partial charge is 0.310 e. The van der Waals surface area contributed by atoms with Gasteiger partial charge < -0.3 is 5.32 Å². The van der Waals surface area contributed by atoms with E-state index in [-0.39, 0.29) is 0 Å².